The summed E-state index contributed by atoms with van der Waals surface area (Å²) in [5, 5.41) is 11.0. The highest BCUT2D eigenvalue weighted by Crippen LogP contribution is 2.31. The first-order chi connectivity index (χ1) is 14.5. The lowest BCUT2D eigenvalue weighted by atomic mass is 9.96. The predicted molar refractivity (Wildman–Crippen MR) is 137 cm³/mol. The largest absolute Gasteiger partial charge is 0.512 e. The van der Waals surface area contributed by atoms with Gasteiger partial charge in [-0.15, -0.1) is 0 Å². The van der Waals surface area contributed by atoms with Crippen LogP contribution in [0.5, 0.6) is 0 Å². The molecule has 166 valence electrons. The molecule has 1 N–H and O–H groups in total. The van der Waals surface area contributed by atoms with Gasteiger partial charge >= 0.3 is 0 Å². The maximum absolute atomic E-state index is 10.1. The number of rotatable bonds is 8. The van der Waals surface area contributed by atoms with E-state index in [2.05, 4.69) is 71.5 Å². The topological polar surface area (TPSA) is 32.6 Å². The number of allylic oxidation sites excluding steroid dienone is 3. The van der Waals surface area contributed by atoms with Crippen LogP contribution in [0.25, 0.3) is 5.57 Å². The Hall–Kier alpha value is -2.32. The van der Waals surface area contributed by atoms with E-state index in [4.69, 9.17) is 16.6 Å². The fourth-order valence-corrected chi connectivity index (χ4v) is 4.17. The minimum absolute atomic E-state index is 0.275. The molecule has 2 aromatic rings. The molecule has 0 spiro atoms. The van der Waals surface area contributed by atoms with Crippen LogP contribution in [0.3, 0.4) is 0 Å². The molecule has 0 radical (unpaired) electrons. The van der Waals surface area contributed by atoms with Crippen LogP contribution in [-0.4, -0.2) is 10.8 Å². The third-order valence-electron chi connectivity index (χ3n) is 5.57. The van der Waals surface area contributed by atoms with E-state index < -0.39 is 0 Å². The molecular weight excluding hydrogens is 402 g/mol. The lowest BCUT2D eigenvalue weighted by Crippen LogP contribution is -2.09. The van der Waals surface area contributed by atoms with Gasteiger partial charge in [0.05, 0.1) is 11.4 Å². The molecular formula is C28H36ClNO. The number of aliphatic hydroxyl groups excluding tert-OH is 1. The Balaban J connectivity index is 2.34. The van der Waals surface area contributed by atoms with Crippen LogP contribution >= 0.6 is 11.6 Å². The summed E-state index contributed by atoms with van der Waals surface area (Å²) in [6.07, 6.45) is 1.78. The molecule has 0 aliphatic heterocycles. The van der Waals surface area contributed by atoms with E-state index in [-0.39, 0.29) is 5.76 Å². The molecule has 0 heterocycles. The van der Waals surface area contributed by atoms with Gasteiger partial charge < -0.3 is 5.11 Å². The van der Waals surface area contributed by atoms with Gasteiger partial charge in [-0.1, -0.05) is 70.1 Å². The summed E-state index contributed by atoms with van der Waals surface area (Å²) in [5.74, 6) is 1.03. The second-order valence-electron chi connectivity index (χ2n) is 9.01. The van der Waals surface area contributed by atoms with E-state index in [1.807, 2.05) is 13.0 Å². The zero-order valence-electron chi connectivity index (χ0n) is 20.0. The van der Waals surface area contributed by atoms with Crippen molar-refractivity contribution in [1.82, 2.24) is 0 Å². The lowest BCUT2D eigenvalue weighted by molar-refractivity contribution is 0.417. The summed E-state index contributed by atoms with van der Waals surface area (Å²) in [6, 6.07) is 12.5. The molecule has 2 rings (SSSR count). The van der Waals surface area contributed by atoms with Crippen molar-refractivity contribution in [2.75, 3.05) is 0 Å². The fraction of sp³-hybridized carbons (Fsp3) is 0.393. The number of aryl methyl sites for hydroxylation is 2. The van der Waals surface area contributed by atoms with Gasteiger partial charge in [0.15, 0.2) is 0 Å². The van der Waals surface area contributed by atoms with Gasteiger partial charge in [-0.2, -0.15) is 0 Å². The third kappa shape index (κ3) is 6.58. The third-order valence-corrected chi connectivity index (χ3v) is 5.90. The van der Waals surface area contributed by atoms with E-state index in [9.17, 15) is 5.11 Å². The normalized spacial score (nSPS) is 13.0. The van der Waals surface area contributed by atoms with E-state index in [0.717, 1.165) is 51.5 Å². The number of halogens is 1. The first kappa shape index (κ1) is 24.9. The molecule has 0 aromatic heterocycles. The fourth-order valence-electron chi connectivity index (χ4n) is 3.74. The van der Waals surface area contributed by atoms with Crippen LogP contribution in [0.4, 0.5) is 5.69 Å². The lowest BCUT2D eigenvalue weighted by Gasteiger charge is -2.15. The van der Waals surface area contributed by atoms with Crippen molar-refractivity contribution >= 4 is 28.6 Å². The number of hydrogen-bond acceptors (Lipinski definition) is 2. The quantitative estimate of drug-likeness (QED) is 0.249. The molecule has 0 aliphatic rings. The summed E-state index contributed by atoms with van der Waals surface area (Å²) in [4.78, 5) is 5.05. The van der Waals surface area contributed by atoms with Crippen molar-refractivity contribution in [1.29, 1.82) is 0 Å². The summed E-state index contributed by atoms with van der Waals surface area (Å²) >= 11 is 6.49. The minimum Gasteiger partial charge on any atom is -0.512 e. The molecule has 2 aromatic carbocycles. The van der Waals surface area contributed by atoms with Crippen LogP contribution < -0.4 is 0 Å². The van der Waals surface area contributed by atoms with Gasteiger partial charge in [-0.25, -0.2) is 0 Å². The Kier molecular flexibility index (Phi) is 8.70. The van der Waals surface area contributed by atoms with E-state index in [1.165, 1.54) is 11.1 Å². The molecule has 0 saturated heterocycles. The molecule has 31 heavy (non-hydrogen) atoms. The number of aliphatic hydroxyl groups is 1. The van der Waals surface area contributed by atoms with Crippen molar-refractivity contribution in [3.05, 3.63) is 81.6 Å². The number of hydrogen-bond donors (Lipinski definition) is 1. The van der Waals surface area contributed by atoms with Crippen molar-refractivity contribution in [3.63, 3.8) is 0 Å². The maximum atomic E-state index is 10.1. The minimum atomic E-state index is 0.275. The molecule has 0 saturated carbocycles. The molecule has 0 unspecified atom stereocenters. The molecule has 0 fully saturated rings. The molecule has 2 nitrogen and oxygen atoms in total. The van der Waals surface area contributed by atoms with Crippen LogP contribution in [0.1, 0.15) is 76.1 Å². The average molecular weight is 438 g/mol. The monoisotopic (exact) mass is 437 g/mol. The highest BCUT2D eigenvalue weighted by atomic mass is 35.5. The molecule has 0 amide bonds. The zero-order chi connectivity index (χ0) is 23.3. The van der Waals surface area contributed by atoms with Gasteiger partial charge in [0, 0.05) is 16.3 Å². The number of benzene rings is 2. The first-order valence-corrected chi connectivity index (χ1v) is 11.4. The Labute approximate surface area is 193 Å². The van der Waals surface area contributed by atoms with Crippen LogP contribution in [0.2, 0.25) is 5.02 Å². The molecule has 0 bridgehead atoms. The number of aliphatic imine (C=N–C) groups is 1. The van der Waals surface area contributed by atoms with Gasteiger partial charge in [0.25, 0.3) is 0 Å². The maximum Gasteiger partial charge on any atom is 0.0972 e. The second-order valence-corrected chi connectivity index (χ2v) is 9.42. The Bertz CT molecular complexity index is 1010. The Morgan fingerprint density at radius 3 is 2.26 bits per heavy atom. The molecule has 0 atom stereocenters. The van der Waals surface area contributed by atoms with Gasteiger partial charge in [0.2, 0.25) is 0 Å². The van der Waals surface area contributed by atoms with E-state index >= 15 is 0 Å². The van der Waals surface area contributed by atoms with E-state index in [1.54, 1.807) is 6.92 Å². The number of nitrogens with zero attached hydrogens (tertiary/aromatic N) is 1. The van der Waals surface area contributed by atoms with E-state index in [0.29, 0.717) is 11.8 Å². The Morgan fingerprint density at radius 2 is 1.74 bits per heavy atom. The zero-order valence-corrected chi connectivity index (χ0v) is 20.8. The standard InChI is InChI=1S/C28H36ClNO/c1-17(2)24-13-10-22(15-25(24)29)11-14-26(18(3)4)30-27-16-23(12-9-20(27)7)28(19(5)6)21(8)31/h9-10,12-13,15-18,31H,5,11,14H2,1-4,6-8H3/b28-21+,30-26?. The molecule has 0 aliphatic carbocycles. The van der Waals surface area contributed by atoms with Crippen molar-refractivity contribution in [2.45, 2.75) is 67.2 Å². The summed E-state index contributed by atoms with van der Waals surface area (Å²) < 4.78 is 0. The first-order valence-electron chi connectivity index (χ1n) is 11.0. The van der Waals surface area contributed by atoms with Crippen LogP contribution in [-0.2, 0) is 6.42 Å². The summed E-state index contributed by atoms with van der Waals surface area (Å²) in [5.41, 5.74) is 8.19. The highest BCUT2D eigenvalue weighted by molar-refractivity contribution is 6.31. The predicted octanol–water partition coefficient (Wildman–Crippen LogP) is 9.00. The Morgan fingerprint density at radius 1 is 1.06 bits per heavy atom. The van der Waals surface area contributed by atoms with Crippen molar-refractivity contribution in [2.24, 2.45) is 10.9 Å². The van der Waals surface area contributed by atoms with Crippen LogP contribution in [0, 0.1) is 12.8 Å². The van der Waals surface area contributed by atoms with Crippen molar-refractivity contribution < 1.29 is 5.11 Å². The van der Waals surface area contributed by atoms with Crippen LogP contribution in [0.15, 0.2) is 59.3 Å². The van der Waals surface area contributed by atoms with Gasteiger partial charge in [0.1, 0.15) is 0 Å². The van der Waals surface area contributed by atoms with Crippen molar-refractivity contribution in [3.8, 4) is 0 Å². The summed E-state index contributed by atoms with van der Waals surface area (Å²) in [6.45, 7) is 18.4. The molecule has 3 heteroatoms. The van der Waals surface area contributed by atoms with Gasteiger partial charge in [-0.05, 0) is 85.4 Å². The summed E-state index contributed by atoms with van der Waals surface area (Å²) in [7, 11) is 0. The second kappa shape index (κ2) is 10.8. The highest BCUT2D eigenvalue weighted by Gasteiger charge is 2.12. The SMILES string of the molecule is C=C(C)/C(=C(/C)O)c1ccc(C)c(N=C(CCc2ccc(C(C)C)c(Cl)c2)C(C)C)c1. The smallest absolute Gasteiger partial charge is 0.0972 e. The van der Waals surface area contributed by atoms with Gasteiger partial charge in [-0.3, -0.25) is 4.99 Å². The average Bonchev–Trinajstić information content (AvgIpc) is 2.66.